The molecule has 2 aliphatic rings. The number of unbranched alkanes of at least 4 members (excludes halogenated alkanes) is 1. The first-order valence-electron chi connectivity index (χ1n) is 16.5. The van der Waals surface area contributed by atoms with Gasteiger partial charge >= 0.3 is 0 Å². The Hall–Kier alpha value is -3.82. The molecule has 6 rings (SSSR count). The van der Waals surface area contributed by atoms with Gasteiger partial charge < -0.3 is 4.90 Å². The molecule has 4 aromatic rings. The number of benzene rings is 4. The Morgan fingerprint density at radius 3 is 2.07 bits per heavy atom. The standard InChI is InChI=1S/C42H47N2S/c1-7-43-35-27-25-31-19-13-15-21-33(31)39(35)41(2,3)37(43)23-11-9-8-10-12-24-38-42(4,5)40-34-22-16-14-20-32(34)26-28-36(40)44(38)29-17-18-30-45-6/h8-16,19-28H,7,17-18,29-30H2,1-6H3/q+1. The molecule has 0 atom stereocenters. The van der Waals surface area contributed by atoms with Gasteiger partial charge in [-0.3, -0.25) is 0 Å². The van der Waals surface area contributed by atoms with Gasteiger partial charge in [-0.05, 0) is 84.5 Å². The van der Waals surface area contributed by atoms with Crippen molar-refractivity contribution >= 4 is 50.4 Å². The van der Waals surface area contributed by atoms with Gasteiger partial charge in [-0.25, -0.2) is 0 Å². The molecule has 2 aliphatic heterocycles. The van der Waals surface area contributed by atoms with Crippen molar-refractivity contribution in [3.05, 3.63) is 132 Å². The summed E-state index contributed by atoms with van der Waals surface area (Å²) in [5, 5.41) is 5.36. The molecule has 0 radical (unpaired) electrons. The van der Waals surface area contributed by atoms with Crippen LogP contribution in [-0.4, -0.2) is 35.4 Å². The molecule has 0 unspecified atom stereocenters. The van der Waals surface area contributed by atoms with Crippen LogP contribution in [0, 0.1) is 0 Å². The largest absolute Gasteiger partial charge is 0.344 e. The van der Waals surface area contributed by atoms with Gasteiger partial charge in [0.15, 0.2) is 5.71 Å². The number of hydrogen-bond donors (Lipinski definition) is 0. The first kappa shape index (κ1) is 31.2. The van der Waals surface area contributed by atoms with E-state index in [9.17, 15) is 0 Å². The summed E-state index contributed by atoms with van der Waals surface area (Å²) in [5.74, 6) is 1.22. The summed E-state index contributed by atoms with van der Waals surface area (Å²) in [4.78, 5) is 2.48. The molecule has 4 aromatic carbocycles. The topological polar surface area (TPSA) is 6.25 Å². The van der Waals surface area contributed by atoms with E-state index < -0.39 is 0 Å². The highest BCUT2D eigenvalue weighted by Crippen LogP contribution is 2.50. The minimum Gasteiger partial charge on any atom is -0.344 e. The third kappa shape index (κ3) is 5.61. The zero-order valence-corrected chi connectivity index (χ0v) is 28.6. The number of rotatable bonds is 10. The maximum Gasteiger partial charge on any atom is 0.210 e. The number of likely N-dealkylation sites (N-methyl/N-ethyl adjacent to an activating group) is 1. The molecule has 0 bridgehead atoms. The Morgan fingerprint density at radius 1 is 0.711 bits per heavy atom. The third-order valence-corrected chi connectivity index (χ3v) is 10.5. The van der Waals surface area contributed by atoms with Crippen LogP contribution in [0.5, 0.6) is 0 Å². The van der Waals surface area contributed by atoms with E-state index in [2.05, 4.69) is 166 Å². The van der Waals surface area contributed by atoms with Gasteiger partial charge in [0, 0.05) is 47.5 Å². The van der Waals surface area contributed by atoms with Crippen molar-refractivity contribution in [2.45, 2.75) is 58.3 Å². The summed E-state index contributed by atoms with van der Waals surface area (Å²) >= 11 is 1.94. The van der Waals surface area contributed by atoms with Crippen molar-refractivity contribution in [3.63, 3.8) is 0 Å². The molecule has 0 amide bonds. The number of thioether (sulfide) groups is 1. The highest BCUT2D eigenvalue weighted by Gasteiger charge is 2.45. The first-order chi connectivity index (χ1) is 21.8. The molecule has 2 heterocycles. The lowest BCUT2D eigenvalue weighted by atomic mass is 9.79. The fourth-order valence-corrected chi connectivity index (χ4v) is 8.15. The molecule has 0 saturated heterocycles. The average Bonchev–Trinajstić information content (AvgIpc) is 3.40. The summed E-state index contributed by atoms with van der Waals surface area (Å²) in [7, 11) is 0. The second-order valence-electron chi connectivity index (χ2n) is 13.3. The molecular formula is C42H47N2S+. The molecule has 0 N–H and O–H groups in total. The molecule has 0 spiro atoms. The van der Waals surface area contributed by atoms with Gasteiger partial charge in [-0.1, -0.05) is 98.8 Å². The predicted octanol–water partition coefficient (Wildman–Crippen LogP) is 10.9. The summed E-state index contributed by atoms with van der Waals surface area (Å²) < 4.78 is 2.58. The lowest BCUT2D eigenvalue weighted by molar-refractivity contribution is -0.438. The molecule has 0 aliphatic carbocycles. The smallest absolute Gasteiger partial charge is 0.210 e. The molecular weight excluding hydrogens is 565 g/mol. The van der Waals surface area contributed by atoms with Crippen LogP contribution in [0.1, 0.15) is 58.6 Å². The fraction of sp³-hybridized carbons (Fsp3) is 0.310. The van der Waals surface area contributed by atoms with Crippen LogP contribution < -0.4 is 4.90 Å². The lowest BCUT2D eigenvalue weighted by Gasteiger charge is -2.26. The predicted molar refractivity (Wildman–Crippen MR) is 200 cm³/mol. The quantitative estimate of drug-likeness (QED) is 0.1000. The zero-order valence-electron chi connectivity index (χ0n) is 27.8. The number of anilines is 1. The van der Waals surface area contributed by atoms with Crippen LogP contribution in [0.15, 0.2) is 121 Å². The number of fused-ring (bicyclic) bond motifs is 6. The van der Waals surface area contributed by atoms with Crippen molar-refractivity contribution in [3.8, 4) is 0 Å². The van der Waals surface area contributed by atoms with Gasteiger partial charge in [0.05, 0.1) is 5.41 Å². The third-order valence-electron chi connectivity index (χ3n) is 9.76. The van der Waals surface area contributed by atoms with Crippen molar-refractivity contribution in [2.24, 2.45) is 0 Å². The van der Waals surface area contributed by atoms with E-state index in [0.717, 1.165) is 13.1 Å². The van der Waals surface area contributed by atoms with Crippen LogP contribution in [-0.2, 0) is 10.8 Å². The molecule has 3 heteroatoms. The Morgan fingerprint density at radius 2 is 1.36 bits per heavy atom. The molecule has 2 nitrogen and oxygen atoms in total. The number of hydrogen-bond acceptors (Lipinski definition) is 2. The van der Waals surface area contributed by atoms with Crippen LogP contribution in [0.25, 0.3) is 21.5 Å². The highest BCUT2D eigenvalue weighted by molar-refractivity contribution is 7.98. The summed E-state index contributed by atoms with van der Waals surface area (Å²) in [6.07, 6.45) is 20.2. The summed E-state index contributed by atoms with van der Waals surface area (Å²) in [6.45, 7) is 13.7. The average molecular weight is 612 g/mol. The maximum absolute atomic E-state index is 2.58. The minimum atomic E-state index is -0.0723. The summed E-state index contributed by atoms with van der Waals surface area (Å²) in [5.41, 5.74) is 8.18. The number of nitrogens with zero attached hydrogens (tertiary/aromatic N) is 2. The van der Waals surface area contributed by atoms with E-state index in [1.807, 2.05) is 11.8 Å². The van der Waals surface area contributed by atoms with E-state index in [4.69, 9.17) is 0 Å². The van der Waals surface area contributed by atoms with E-state index in [-0.39, 0.29) is 10.8 Å². The lowest BCUT2D eigenvalue weighted by Crippen LogP contribution is -2.28. The fourth-order valence-electron chi connectivity index (χ4n) is 7.65. The van der Waals surface area contributed by atoms with E-state index >= 15 is 0 Å². The van der Waals surface area contributed by atoms with E-state index in [0.29, 0.717) is 0 Å². The Kier molecular flexibility index (Phi) is 8.93. The molecule has 230 valence electrons. The highest BCUT2D eigenvalue weighted by atomic mass is 32.2. The second kappa shape index (κ2) is 12.9. The molecule has 0 aromatic heterocycles. The normalized spacial score (nSPS) is 18.1. The minimum absolute atomic E-state index is 0.0662. The first-order valence-corrected chi connectivity index (χ1v) is 17.9. The Labute approximate surface area is 274 Å². The summed E-state index contributed by atoms with van der Waals surface area (Å²) in [6, 6.07) is 26.8. The van der Waals surface area contributed by atoms with Gasteiger partial charge in [0.1, 0.15) is 6.54 Å². The van der Waals surface area contributed by atoms with Crippen LogP contribution in [0.4, 0.5) is 11.4 Å². The maximum atomic E-state index is 2.58. The molecule has 0 fully saturated rings. The molecule has 45 heavy (non-hydrogen) atoms. The Bertz CT molecular complexity index is 1880. The monoisotopic (exact) mass is 611 g/mol. The van der Waals surface area contributed by atoms with E-state index in [1.54, 1.807) is 0 Å². The van der Waals surface area contributed by atoms with Crippen LogP contribution in [0.2, 0.25) is 0 Å². The van der Waals surface area contributed by atoms with Crippen molar-refractivity contribution in [2.75, 3.05) is 30.0 Å². The Balaban J connectivity index is 1.25. The SMILES string of the molecule is CCN1\C(=C/C=C/C=C/C=C/C2=[N+](CCCCSC)c3ccc4ccccc4c3C2(C)C)C(C)(C)c2c1ccc1ccccc21. The van der Waals surface area contributed by atoms with Gasteiger partial charge in [0.2, 0.25) is 5.69 Å². The van der Waals surface area contributed by atoms with E-state index in [1.165, 1.54) is 74.0 Å². The van der Waals surface area contributed by atoms with Crippen LogP contribution >= 0.6 is 11.8 Å². The van der Waals surface area contributed by atoms with Crippen molar-refractivity contribution < 1.29 is 4.58 Å². The zero-order chi connectivity index (χ0) is 31.6. The van der Waals surface area contributed by atoms with Crippen molar-refractivity contribution in [1.82, 2.24) is 0 Å². The van der Waals surface area contributed by atoms with Gasteiger partial charge in [0.25, 0.3) is 0 Å². The second-order valence-corrected chi connectivity index (χ2v) is 14.3. The van der Waals surface area contributed by atoms with Crippen molar-refractivity contribution in [1.29, 1.82) is 0 Å². The molecule has 0 saturated carbocycles. The van der Waals surface area contributed by atoms with Crippen LogP contribution in [0.3, 0.4) is 0 Å². The van der Waals surface area contributed by atoms with Gasteiger partial charge in [-0.15, -0.1) is 0 Å². The number of allylic oxidation sites excluding steroid dienone is 8. The van der Waals surface area contributed by atoms with Gasteiger partial charge in [-0.2, -0.15) is 16.3 Å².